The highest BCUT2D eigenvalue weighted by Crippen LogP contribution is 2.23. The van der Waals surface area contributed by atoms with Crippen LogP contribution >= 0.6 is 0 Å². The normalized spacial score (nSPS) is 10.5. The second-order valence-electron chi connectivity index (χ2n) is 3.09. The second kappa shape index (κ2) is 4.13. The zero-order chi connectivity index (χ0) is 10.7. The quantitative estimate of drug-likeness (QED) is 0.571. The lowest BCUT2D eigenvalue weighted by molar-refractivity contribution is -0.128. The van der Waals surface area contributed by atoms with Gasteiger partial charge in [0.25, 0.3) is 6.47 Å². The molecule has 1 aromatic carbocycles. The number of benzene rings is 1. The second-order valence-corrected chi connectivity index (χ2v) is 3.09. The summed E-state index contributed by atoms with van der Waals surface area (Å²) >= 11 is 0. The molecule has 1 heterocycles. The van der Waals surface area contributed by atoms with Crippen LogP contribution in [0.25, 0.3) is 11.0 Å². The topological polar surface area (TPSA) is 39.4 Å². The monoisotopic (exact) mass is 208 g/mol. The number of halogens is 1. The van der Waals surface area contributed by atoms with Crippen molar-refractivity contribution in [3.05, 3.63) is 35.8 Å². The van der Waals surface area contributed by atoms with Gasteiger partial charge in [0, 0.05) is 17.4 Å². The van der Waals surface area contributed by atoms with E-state index in [1.54, 1.807) is 12.1 Å². The zero-order valence-corrected chi connectivity index (χ0v) is 7.90. The van der Waals surface area contributed by atoms with Crippen LogP contribution in [0.2, 0.25) is 0 Å². The minimum absolute atomic E-state index is 0.249. The number of para-hydroxylation sites is 1. The molecule has 0 aliphatic heterocycles. The number of hydrogen-bond acceptors (Lipinski definition) is 3. The van der Waals surface area contributed by atoms with Crippen molar-refractivity contribution in [1.29, 1.82) is 0 Å². The molecule has 0 unspecified atom stereocenters. The Kier molecular flexibility index (Phi) is 2.67. The van der Waals surface area contributed by atoms with Crippen molar-refractivity contribution in [3.63, 3.8) is 0 Å². The average molecular weight is 208 g/mol. The number of hydrogen-bond donors (Lipinski definition) is 0. The first-order valence-electron chi connectivity index (χ1n) is 4.53. The van der Waals surface area contributed by atoms with E-state index >= 15 is 0 Å². The highest BCUT2D eigenvalue weighted by Gasteiger charge is 2.08. The molecule has 0 amide bonds. The lowest BCUT2D eigenvalue weighted by Crippen LogP contribution is -1.95. The Labute approximate surface area is 85.4 Å². The molecule has 0 aliphatic rings. The van der Waals surface area contributed by atoms with E-state index in [2.05, 4.69) is 4.74 Å². The van der Waals surface area contributed by atoms with Gasteiger partial charge in [-0.2, -0.15) is 0 Å². The molecule has 0 N–H and O–H groups in total. The average Bonchev–Trinajstić information content (AvgIpc) is 2.64. The van der Waals surface area contributed by atoms with Gasteiger partial charge in [0.1, 0.15) is 0 Å². The predicted octanol–water partition coefficient (Wildman–Crippen LogP) is 2.29. The minimum atomic E-state index is -0.380. The van der Waals surface area contributed by atoms with Crippen molar-refractivity contribution in [2.75, 3.05) is 6.61 Å². The van der Waals surface area contributed by atoms with Crippen LogP contribution in [0.5, 0.6) is 0 Å². The number of fused-ring (bicyclic) bond motifs is 1. The van der Waals surface area contributed by atoms with Gasteiger partial charge in [0.05, 0.1) is 12.9 Å². The highest BCUT2D eigenvalue weighted by atomic mass is 19.1. The molecule has 0 atom stereocenters. The van der Waals surface area contributed by atoms with Crippen LogP contribution in [-0.4, -0.2) is 13.1 Å². The maximum Gasteiger partial charge on any atom is 0.293 e. The molecule has 0 bridgehead atoms. The van der Waals surface area contributed by atoms with Crippen molar-refractivity contribution in [2.45, 2.75) is 6.42 Å². The van der Waals surface area contributed by atoms with Gasteiger partial charge in [-0.15, -0.1) is 0 Å². The van der Waals surface area contributed by atoms with Crippen molar-refractivity contribution in [3.8, 4) is 0 Å². The summed E-state index contributed by atoms with van der Waals surface area (Å²) in [7, 11) is 0. The van der Waals surface area contributed by atoms with Crippen LogP contribution in [0.1, 0.15) is 5.56 Å². The lowest BCUT2D eigenvalue weighted by Gasteiger charge is -1.96. The number of carbonyl (C=O) groups is 1. The summed E-state index contributed by atoms with van der Waals surface area (Å²) in [5.74, 6) is -0.380. The minimum Gasteiger partial charge on any atom is -0.468 e. The number of ether oxygens (including phenoxy) is 1. The van der Waals surface area contributed by atoms with Gasteiger partial charge < -0.3 is 9.15 Å². The first-order chi connectivity index (χ1) is 7.33. The predicted molar refractivity (Wildman–Crippen MR) is 51.9 cm³/mol. The zero-order valence-electron chi connectivity index (χ0n) is 7.90. The Morgan fingerprint density at radius 1 is 1.47 bits per heavy atom. The van der Waals surface area contributed by atoms with Crippen molar-refractivity contribution in [1.82, 2.24) is 0 Å². The molecule has 15 heavy (non-hydrogen) atoms. The van der Waals surface area contributed by atoms with E-state index < -0.39 is 0 Å². The van der Waals surface area contributed by atoms with Crippen LogP contribution in [0, 0.1) is 5.82 Å². The van der Waals surface area contributed by atoms with Crippen LogP contribution in [-0.2, 0) is 16.0 Å². The lowest BCUT2D eigenvalue weighted by atomic mass is 10.1. The fraction of sp³-hybridized carbons (Fsp3) is 0.182. The van der Waals surface area contributed by atoms with Gasteiger partial charge >= 0.3 is 0 Å². The molecule has 0 spiro atoms. The first kappa shape index (κ1) is 9.71. The first-order valence-corrected chi connectivity index (χ1v) is 4.53. The summed E-state index contributed by atoms with van der Waals surface area (Å²) in [6.45, 7) is 0.664. The summed E-state index contributed by atoms with van der Waals surface area (Å²) in [5.41, 5.74) is 1.09. The van der Waals surface area contributed by atoms with E-state index in [4.69, 9.17) is 4.42 Å². The van der Waals surface area contributed by atoms with E-state index in [-0.39, 0.29) is 18.0 Å². The number of furan rings is 1. The summed E-state index contributed by atoms with van der Waals surface area (Å²) in [4.78, 5) is 9.95. The van der Waals surface area contributed by atoms with E-state index in [9.17, 15) is 9.18 Å². The number of carbonyl (C=O) groups excluding carboxylic acids is 1. The molecular weight excluding hydrogens is 199 g/mol. The molecule has 0 fully saturated rings. The van der Waals surface area contributed by atoms with Gasteiger partial charge in [-0.3, -0.25) is 4.79 Å². The van der Waals surface area contributed by atoms with Gasteiger partial charge in [-0.25, -0.2) is 4.39 Å². The van der Waals surface area contributed by atoms with Gasteiger partial charge in [0.2, 0.25) is 0 Å². The SMILES string of the molecule is O=COCCc1coc2c(F)cccc12. The Morgan fingerprint density at radius 2 is 2.33 bits per heavy atom. The van der Waals surface area contributed by atoms with Gasteiger partial charge in [-0.05, 0) is 6.07 Å². The van der Waals surface area contributed by atoms with Crippen LogP contribution in [0.3, 0.4) is 0 Å². The molecule has 4 heteroatoms. The molecular formula is C11H9FO3. The molecule has 0 aliphatic carbocycles. The highest BCUT2D eigenvalue weighted by molar-refractivity contribution is 5.81. The third-order valence-corrected chi connectivity index (χ3v) is 2.19. The van der Waals surface area contributed by atoms with Gasteiger partial charge in [-0.1, -0.05) is 12.1 Å². The maximum absolute atomic E-state index is 13.2. The molecule has 3 nitrogen and oxygen atoms in total. The Morgan fingerprint density at radius 3 is 3.13 bits per heavy atom. The summed E-state index contributed by atoms with van der Waals surface area (Å²) in [5, 5.41) is 0.726. The summed E-state index contributed by atoms with van der Waals surface area (Å²) in [6, 6.07) is 4.74. The summed E-state index contributed by atoms with van der Waals surface area (Å²) in [6.07, 6.45) is 2.01. The molecule has 2 rings (SSSR count). The fourth-order valence-electron chi connectivity index (χ4n) is 1.49. The molecule has 0 saturated heterocycles. The largest absolute Gasteiger partial charge is 0.468 e. The van der Waals surface area contributed by atoms with Gasteiger partial charge in [0.15, 0.2) is 11.4 Å². The third-order valence-electron chi connectivity index (χ3n) is 2.19. The van der Waals surface area contributed by atoms with E-state index in [0.717, 1.165) is 10.9 Å². The van der Waals surface area contributed by atoms with Crippen LogP contribution in [0.15, 0.2) is 28.9 Å². The Hall–Kier alpha value is -1.84. The Balaban J connectivity index is 2.28. The van der Waals surface area contributed by atoms with E-state index in [0.29, 0.717) is 12.9 Å². The standard InChI is InChI=1S/C11H9FO3/c12-10-3-1-2-9-8(4-5-14-7-13)6-15-11(9)10/h1-3,6-7H,4-5H2. The van der Waals surface area contributed by atoms with E-state index in [1.807, 2.05) is 0 Å². The third kappa shape index (κ3) is 1.83. The molecule has 78 valence electrons. The Bertz CT molecular complexity index is 476. The van der Waals surface area contributed by atoms with Crippen LogP contribution < -0.4 is 0 Å². The van der Waals surface area contributed by atoms with Crippen LogP contribution in [0.4, 0.5) is 4.39 Å². The maximum atomic E-state index is 13.2. The fourth-order valence-corrected chi connectivity index (χ4v) is 1.49. The molecule has 2 aromatic rings. The molecule has 0 radical (unpaired) electrons. The van der Waals surface area contributed by atoms with Crippen molar-refractivity contribution < 1.29 is 18.3 Å². The molecule has 1 aromatic heterocycles. The van der Waals surface area contributed by atoms with Crippen molar-refractivity contribution >= 4 is 17.4 Å². The van der Waals surface area contributed by atoms with Crippen molar-refractivity contribution in [2.24, 2.45) is 0 Å². The van der Waals surface area contributed by atoms with E-state index in [1.165, 1.54) is 12.3 Å². The summed E-state index contributed by atoms with van der Waals surface area (Å²) < 4.78 is 22.9. The molecule has 0 saturated carbocycles. The number of rotatable bonds is 4. The smallest absolute Gasteiger partial charge is 0.293 e.